The SMILES string of the molecule is Cc1cn(C2OCCC2OC(=O)c2ccccc2)c(=O)[nH]c1=O. The molecule has 2 heterocycles. The zero-order valence-corrected chi connectivity index (χ0v) is 12.5. The molecule has 120 valence electrons. The van der Waals surface area contributed by atoms with Crippen LogP contribution in [-0.2, 0) is 9.47 Å². The van der Waals surface area contributed by atoms with Gasteiger partial charge in [-0.2, -0.15) is 0 Å². The van der Waals surface area contributed by atoms with Crippen LogP contribution in [0.5, 0.6) is 0 Å². The van der Waals surface area contributed by atoms with Gasteiger partial charge in [0.2, 0.25) is 0 Å². The monoisotopic (exact) mass is 316 g/mol. The van der Waals surface area contributed by atoms with Crippen LogP contribution in [0.3, 0.4) is 0 Å². The van der Waals surface area contributed by atoms with Crippen molar-refractivity contribution in [1.82, 2.24) is 9.55 Å². The van der Waals surface area contributed by atoms with Crippen LogP contribution in [0, 0.1) is 6.92 Å². The highest BCUT2D eigenvalue weighted by Crippen LogP contribution is 2.26. The van der Waals surface area contributed by atoms with Crippen molar-refractivity contribution in [2.24, 2.45) is 0 Å². The Labute approximate surface area is 131 Å². The minimum Gasteiger partial charge on any atom is -0.454 e. The number of nitrogens with one attached hydrogen (secondary N) is 1. The number of hydrogen-bond donors (Lipinski definition) is 1. The first-order valence-electron chi connectivity index (χ1n) is 7.26. The summed E-state index contributed by atoms with van der Waals surface area (Å²) in [5.41, 5.74) is -0.216. The van der Waals surface area contributed by atoms with E-state index in [2.05, 4.69) is 4.98 Å². The summed E-state index contributed by atoms with van der Waals surface area (Å²) in [6.45, 7) is 1.96. The van der Waals surface area contributed by atoms with E-state index in [1.54, 1.807) is 37.3 Å². The van der Waals surface area contributed by atoms with Gasteiger partial charge in [0.15, 0.2) is 6.23 Å². The molecule has 1 aliphatic heterocycles. The van der Waals surface area contributed by atoms with Crippen molar-refractivity contribution in [2.75, 3.05) is 6.61 Å². The number of H-pyrrole nitrogens is 1. The van der Waals surface area contributed by atoms with Gasteiger partial charge in [-0.05, 0) is 19.1 Å². The summed E-state index contributed by atoms with van der Waals surface area (Å²) >= 11 is 0. The minimum absolute atomic E-state index is 0.363. The Balaban J connectivity index is 1.84. The van der Waals surface area contributed by atoms with Gasteiger partial charge < -0.3 is 9.47 Å². The maximum Gasteiger partial charge on any atom is 0.338 e. The van der Waals surface area contributed by atoms with Gasteiger partial charge in [0.1, 0.15) is 6.10 Å². The summed E-state index contributed by atoms with van der Waals surface area (Å²) in [4.78, 5) is 37.8. The molecule has 1 aliphatic rings. The Kier molecular flexibility index (Phi) is 4.12. The van der Waals surface area contributed by atoms with Crippen LogP contribution in [0.4, 0.5) is 0 Å². The maximum atomic E-state index is 12.2. The number of aromatic amines is 1. The number of carbonyl (C=O) groups excluding carboxylic acids is 1. The molecule has 23 heavy (non-hydrogen) atoms. The molecule has 2 atom stereocenters. The number of aromatic nitrogens is 2. The fourth-order valence-corrected chi connectivity index (χ4v) is 2.49. The Morgan fingerprint density at radius 1 is 1.30 bits per heavy atom. The number of ether oxygens (including phenoxy) is 2. The molecular formula is C16H16N2O5. The highest BCUT2D eigenvalue weighted by atomic mass is 16.6. The second kappa shape index (κ2) is 6.21. The second-order valence-electron chi connectivity index (χ2n) is 5.34. The molecule has 2 unspecified atom stereocenters. The Hall–Kier alpha value is -2.67. The number of benzene rings is 1. The van der Waals surface area contributed by atoms with Gasteiger partial charge in [-0.15, -0.1) is 0 Å². The lowest BCUT2D eigenvalue weighted by Crippen LogP contribution is -2.37. The summed E-state index contributed by atoms with van der Waals surface area (Å²) in [6.07, 6.45) is 0.561. The lowest BCUT2D eigenvalue weighted by atomic mass is 10.2. The summed E-state index contributed by atoms with van der Waals surface area (Å²) < 4.78 is 12.3. The van der Waals surface area contributed by atoms with E-state index in [0.29, 0.717) is 24.2 Å². The van der Waals surface area contributed by atoms with Crippen LogP contribution >= 0.6 is 0 Å². The van der Waals surface area contributed by atoms with Crippen LogP contribution in [-0.4, -0.2) is 28.2 Å². The quantitative estimate of drug-likeness (QED) is 0.853. The Morgan fingerprint density at radius 2 is 2.04 bits per heavy atom. The second-order valence-corrected chi connectivity index (χ2v) is 5.34. The van der Waals surface area contributed by atoms with Gasteiger partial charge in [0.25, 0.3) is 5.56 Å². The predicted molar refractivity (Wildman–Crippen MR) is 81.3 cm³/mol. The molecule has 0 saturated carbocycles. The van der Waals surface area contributed by atoms with Crippen LogP contribution in [0.15, 0.2) is 46.1 Å². The predicted octanol–water partition coefficient (Wildman–Crippen LogP) is 0.990. The molecule has 1 saturated heterocycles. The van der Waals surface area contributed by atoms with E-state index in [1.165, 1.54) is 10.8 Å². The van der Waals surface area contributed by atoms with E-state index < -0.39 is 29.6 Å². The highest BCUT2D eigenvalue weighted by Gasteiger charge is 2.34. The average Bonchev–Trinajstić information content (AvgIpc) is 2.99. The molecule has 1 N–H and O–H groups in total. The molecule has 0 amide bonds. The van der Waals surface area contributed by atoms with E-state index in [9.17, 15) is 14.4 Å². The van der Waals surface area contributed by atoms with Gasteiger partial charge in [-0.25, -0.2) is 9.59 Å². The zero-order valence-electron chi connectivity index (χ0n) is 12.5. The van der Waals surface area contributed by atoms with Gasteiger partial charge in [0, 0.05) is 18.2 Å². The van der Waals surface area contributed by atoms with Gasteiger partial charge in [0.05, 0.1) is 12.2 Å². The molecule has 0 radical (unpaired) electrons. The topological polar surface area (TPSA) is 90.4 Å². The standard InChI is InChI=1S/C16H16N2O5/c1-10-9-18(16(21)17-13(10)19)14-12(7-8-22-14)23-15(20)11-5-3-2-4-6-11/h2-6,9,12,14H,7-8H2,1H3,(H,17,19,21). The molecule has 1 fully saturated rings. The van der Waals surface area contributed by atoms with Gasteiger partial charge >= 0.3 is 11.7 Å². The fourth-order valence-electron chi connectivity index (χ4n) is 2.49. The van der Waals surface area contributed by atoms with Gasteiger partial charge in [-0.3, -0.25) is 14.3 Å². The minimum atomic E-state index is -0.745. The van der Waals surface area contributed by atoms with Crippen molar-refractivity contribution < 1.29 is 14.3 Å². The third-order valence-corrected chi connectivity index (χ3v) is 3.70. The number of aryl methyl sites for hydroxylation is 1. The number of esters is 1. The smallest absolute Gasteiger partial charge is 0.338 e. The molecule has 7 heteroatoms. The third-order valence-electron chi connectivity index (χ3n) is 3.70. The van der Waals surface area contributed by atoms with E-state index in [1.807, 2.05) is 0 Å². The summed E-state index contributed by atoms with van der Waals surface area (Å²) in [6, 6.07) is 8.61. The van der Waals surface area contributed by atoms with Crippen molar-refractivity contribution in [3.63, 3.8) is 0 Å². The summed E-state index contributed by atoms with van der Waals surface area (Å²) in [5, 5.41) is 0. The molecule has 0 aliphatic carbocycles. The molecule has 7 nitrogen and oxygen atoms in total. The normalized spacial score (nSPS) is 20.4. The molecule has 2 aromatic rings. The summed E-state index contributed by atoms with van der Waals surface area (Å²) in [7, 11) is 0. The van der Waals surface area contributed by atoms with Crippen molar-refractivity contribution >= 4 is 5.97 Å². The van der Waals surface area contributed by atoms with Crippen molar-refractivity contribution in [3.05, 3.63) is 68.5 Å². The molecule has 1 aromatic carbocycles. The van der Waals surface area contributed by atoms with E-state index in [0.717, 1.165) is 0 Å². The average molecular weight is 316 g/mol. The zero-order chi connectivity index (χ0) is 16.4. The van der Waals surface area contributed by atoms with Crippen LogP contribution in [0.2, 0.25) is 0 Å². The fraction of sp³-hybridized carbons (Fsp3) is 0.312. The Bertz CT molecular complexity index is 824. The number of hydrogen-bond acceptors (Lipinski definition) is 5. The molecule has 1 aromatic heterocycles. The molecule has 3 rings (SSSR count). The van der Waals surface area contributed by atoms with Crippen molar-refractivity contribution in [1.29, 1.82) is 0 Å². The maximum absolute atomic E-state index is 12.2. The lowest BCUT2D eigenvalue weighted by molar-refractivity contribution is -0.0321. The van der Waals surface area contributed by atoms with Crippen LogP contribution < -0.4 is 11.2 Å². The largest absolute Gasteiger partial charge is 0.454 e. The van der Waals surface area contributed by atoms with E-state index in [4.69, 9.17) is 9.47 Å². The number of nitrogens with zero attached hydrogens (tertiary/aromatic N) is 1. The molecular weight excluding hydrogens is 300 g/mol. The Morgan fingerprint density at radius 3 is 2.78 bits per heavy atom. The molecule has 0 spiro atoms. The van der Waals surface area contributed by atoms with E-state index in [-0.39, 0.29) is 0 Å². The van der Waals surface area contributed by atoms with Crippen LogP contribution in [0.25, 0.3) is 0 Å². The number of rotatable bonds is 3. The number of carbonyl (C=O) groups is 1. The first kappa shape index (κ1) is 15.2. The lowest BCUT2D eigenvalue weighted by Gasteiger charge is -2.21. The van der Waals surface area contributed by atoms with Crippen LogP contribution in [0.1, 0.15) is 28.6 Å². The van der Waals surface area contributed by atoms with E-state index >= 15 is 0 Å². The first-order valence-corrected chi connectivity index (χ1v) is 7.26. The molecule has 0 bridgehead atoms. The van der Waals surface area contributed by atoms with Gasteiger partial charge in [-0.1, -0.05) is 18.2 Å². The van der Waals surface area contributed by atoms with Crippen molar-refractivity contribution in [2.45, 2.75) is 25.7 Å². The van der Waals surface area contributed by atoms with Crippen molar-refractivity contribution in [3.8, 4) is 0 Å². The summed E-state index contributed by atoms with van der Waals surface area (Å²) in [5.74, 6) is -0.472. The third kappa shape index (κ3) is 3.09. The first-order chi connectivity index (χ1) is 11.1. The highest BCUT2D eigenvalue weighted by molar-refractivity contribution is 5.89.